The number of amides is 1. The third-order valence-corrected chi connectivity index (χ3v) is 3.09. The van der Waals surface area contributed by atoms with E-state index in [-0.39, 0.29) is 5.69 Å². The molecule has 0 saturated carbocycles. The number of hydrogen-bond acceptors (Lipinski definition) is 5. The quantitative estimate of drug-likeness (QED) is 0.750. The number of carbonyl (C=O) groups is 1. The van der Waals surface area contributed by atoms with Gasteiger partial charge in [-0.3, -0.25) is 9.48 Å². The van der Waals surface area contributed by atoms with Crippen molar-refractivity contribution < 1.29 is 9.21 Å². The lowest BCUT2D eigenvalue weighted by molar-refractivity contribution is 0.0994. The highest BCUT2D eigenvalue weighted by atomic mass is 35.5. The Hall–Kier alpha value is -2.54. The van der Waals surface area contributed by atoms with Crippen LogP contribution in [0.4, 0.5) is 6.01 Å². The fourth-order valence-corrected chi connectivity index (χ4v) is 2.04. The first-order chi connectivity index (χ1) is 10.1. The van der Waals surface area contributed by atoms with E-state index in [1.165, 1.54) is 0 Å². The third kappa shape index (κ3) is 2.97. The van der Waals surface area contributed by atoms with E-state index in [0.29, 0.717) is 35.2 Å². The number of nitrogens with zero attached hydrogens (tertiary/aromatic N) is 3. The van der Waals surface area contributed by atoms with Crippen molar-refractivity contribution in [2.45, 2.75) is 6.54 Å². The molecule has 2 heterocycles. The standard InChI is InChI=1S/C13H12ClN5O2/c14-8-1-2-11-10(7-8)17-13(21-11)16-4-6-19-5-3-9(18-19)12(15)20/h1-3,5,7H,4,6H2,(H2,15,20)(H,16,17). The molecule has 3 aromatic rings. The van der Waals surface area contributed by atoms with Crippen molar-refractivity contribution in [3.63, 3.8) is 0 Å². The summed E-state index contributed by atoms with van der Waals surface area (Å²) in [6.07, 6.45) is 1.69. The molecule has 7 nitrogen and oxygen atoms in total. The lowest BCUT2D eigenvalue weighted by atomic mass is 10.3. The maximum atomic E-state index is 10.9. The van der Waals surface area contributed by atoms with E-state index >= 15 is 0 Å². The van der Waals surface area contributed by atoms with Crippen LogP contribution < -0.4 is 11.1 Å². The number of nitrogens with two attached hydrogens (primary N) is 1. The van der Waals surface area contributed by atoms with E-state index < -0.39 is 5.91 Å². The molecule has 2 aromatic heterocycles. The predicted molar refractivity (Wildman–Crippen MR) is 78.3 cm³/mol. The van der Waals surface area contributed by atoms with Crippen molar-refractivity contribution in [3.8, 4) is 0 Å². The summed E-state index contributed by atoms with van der Waals surface area (Å²) in [5.74, 6) is -0.544. The highest BCUT2D eigenvalue weighted by Crippen LogP contribution is 2.22. The normalized spacial score (nSPS) is 10.9. The van der Waals surface area contributed by atoms with E-state index in [1.807, 2.05) is 0 Å². The molecule has 0 atom stereocenters. The SMILES string of the molecule is NC(=O)c1ccn(CCNc2nc3cc(Cl)ccc3o2)n1. The summed E-state index contributed by atoms with van der Waals surface area (Å²) in [5.41, 5.74) is 6.74. The molecule has 0 aliphatic rings. The Morgan fingerprint density at radius 1 is 1.43 bits per heavy atom. The molecule has 1 amide bonds. The summed E-state index contributed by atoms with van der Waals surface area (Å²) in [6.45, 7) is 1.09. The van der Waals surface area contributed by atoms with Crippen molar-refractivity contribution in [1.29, 1.82) is 0 Å². The van der Waals surface area contributed by atoms with Crippen molar-refractivity contribution in [2.75, 3.05) is 11.9 Å². The fourth-order valence-electron chi connectivity index (χ4n) is 1.87. The monoisotopic (exact) mass is 305 g/mol. The summed E-state index contributed by atoms with van der Waals surface area (Å²) in [4.78, 5) is 15.2. The molecule has 21 heavy (non-hydrogen) atoms. The number of aromatic nitrogens is 3. The topological polar surface area (TPSA) is 99.0 Å². The van der Waals surface area contributed by atoms with Crippen molar-refractivity contribution in [1.82, 2.24) is 14.8 Å². The molecule has 0 unspecified atom stereocenters. The van der Waals surface area contributed by atoms with Crippen molar-refractivity contribution >= 4 is 34.6 Å². The van der Waals surface area contributed by atoms with Crippen LogP contribution in [0.2, 0.25) is 5.02 Å². The molecule has 0 bridgehead atoms. The Labute approximate surface area is 124 Å². The number of hydrogen-bond donors (Lipinski definition) is 2. The van der Waals surface area contributed by atoms with Crippen molar-refractivity contribution in [3.05, 3.63) is 41.2 Å². The Bertz CT molecular complexity index is 795. The van der Waals surface area contributed by atoms with Crippen LogP contribution in [0.5, 0.6) is 0 Å². The first-order valence-corrected chi connectivity index (χ1v) is 6.63. The second kappa shape index (κ2) is 5.45. The van der Waals surface area contributed by atoms with Crippen molar-refractivity contribution in [2.24, 2.45) is 5.73 Å². The van der Waals surface area contributed by atoms with Gasteiger partial charge in [-0.2, -0.15) is 10.1 Å². The van der Waals surface area contributed by atoms with Crippen LogP contribution >= 0.6 is 11.6 Å². The summed E-state index contributed by atoms with van der Waals surface area (Å²) in [6, 6.07) is 7.23. The van der Waals surface area contributed by atoms with E-state index in [2.05, 4.69) is 15.4 Å². The average Bonchev–Trinajstić information content (AvgIpc) is 3.04. The molecule has 0 spiro atoms. The van der Waals surface area contributed by atoms with Gasteiger partial charge in [0.25, 0.3) is 11.9 Å². The Morgan fingerprint density at radius 3 is 3.05 bits per heavy atom. The number of nitrogens with one attached hydrogen (secondary N) is 1. The number of fused-ring (bicyclic) bond motifs is 1. The van der Waals surface area contributed by atoms with Gasteiger partial charge in [0.15, 0.2) is 5.58 Å². The average molecular weight is 306 g/mol. The van der Waals surface area contributed by atoms with Gasteiger partial charge in [-0.25, -0.2) is 0 Å². The molecule has 0 aliphatic carbocycles. The zero-order chi connectivity index (χ0) is 14.8. The fraction of sp³-hybridized carbons (Fsp3) is 0.154. The van der Waals surface area contributed by atoms with Gasteiger partial charge in [-0.15, -0.1) is 0 Å². The highest BCUT2D eigenvalue weighted by Gasteiger charge is 2.07. The van der Waals surface area contributed by atoms with E-state index in [1.54, 1.807) is 35.1 Å². The minimum atomic E-state index is -0.544. The lowest BCUT2D eigenvalue weighted by Gasteiger charge is -2.01. The largest absolute Gasteiger partial charge is 0.424 e. The van der Waals surface area contributed by atoms with Crippen LogP contribution in [0.3, 0.4) is 0 Å². The van der Waals surface area contributed by atoms with E-state index in [4.69, 9.17) is 21.8 Å². The maximum absolute atomic E-state index is 10.9. The summed E-state index contributed by atoms with van der Waals surface area (Å²) >= 11 is 5.89. The van der Waals surface area contributed by atoms with Crippen LogP contribution in [0, 0.1) is 0 Å². The molecule has 0 fully saturated rings. The Balaban J connectivity index is 1.62. The maximum Gasteiger partial charge on any atom is 0.295 e. The second-order valence-corrected chi connectivity index (χ2v) is 4.82. The van der Waals surface area contributed by atoms with Gasteiger partial charge in [0.05, 0.1) is 6.54 Å². The molecule has 1 aromatic carbocycles. The minimum absolute atomic E-state index is 0.242. The molecular formula is C13H12ClN5O2. The molecule has 0 aliphatic heterocycles. The number of oxazole rings is 1. The number of rotatable bonds is 5. The number of halogens is 1. The Morgan fingerprint density at radius 2 is 2.29 bits per heavy atom. The van der Waals surface area contributed by atoms with Gasteiger partial charge in [0.2, 0.25) is 0 Å². The first kappa shape index (κ1) is 13.4. The third-order valence-electron chi connectivity index (χ3n) is 2.86. The van der Waals surface area contributed by atoms with Gasteiger partial charge >= 0.3 is 0 Å². The minimum Gasteiger partial charge on any atom is -0.424 e. The van der Waals surface area contributed by atoms with Crippen LogP contribution in [0.1, 0.15) is 10.5 Å². The molecule has 3 rings (SSSR count). The second-order valence-electron chi connectivity index (χ2n) is 4.39. The van der Waals surface area contributed by atoms with Gasteiger partial charge in [0.1, 0.15) is 11.2 Å². The Kier molecular flexibility index (Phi) is 3.49. The number of carbonyl (C=O) groups excluding carboxylic acids is 1. The molecule has 8 heteroatoms. The molecular weight excluding hydrogens is 294 g/mol. The van der Waals surface area contributed by atoms with E-state index in [0.717, 1.165) is 0 Å². The summed E-state index contributed by atoms with van der Waals surface area (Å²) in [5, 5.41) is 7.68. The highest BCUT2D eigenvalue weighted by molar-refractivity contribution is 6.31. The van der Waals surface area contributed by atoms with Crippen LogP contribution in [-0.2, 0) is 6.54 Å². The number of anilines is 1. The summed E-state index contributed by atoms with van der Waals surface area (Å²) < 4.78 is 7.14. The molecule has 0 radical (unpaired) electrons. The van der Waals surface area contributed by atoms with Gasteiger partial charge in [-0.05, 0) is 24.3 Å². The molecule has 0 saturated heterocycles. The smallest absolute Gasteiger partial charge is 0.295 e. The molecule has 3 N–H and O–H groups in total. The van der Waals surface area contributed by atoms with Gasteiger partial charge in [0, 0.05) is 17.8 Å². The van der Waals surface area contributed by atoms with Gasteiger partial charge < -0.3 is 15.5 Å². The van der Waals surface area contributed by atoms with E-state index in [9.17, 15) is 4.79 Å². The van der Waals surface area contributed by atoms with Crippen LogP contribution in [-0.4, -0.2) is 27.2 Å². The summed E-state index contributed by atoms with van der Waals surface area (Å²) in [7, 11) is 0. The zero-order valence-electron chi connectivity index (χ0n) is 10.9. The zero-order valence-corrected chi connectivity index (χ0v) is 11.7. The first-order valence-electron chi connectivity index (χ1n) is 6.25. The number of primary amides is 1. The molecule has 108 valence electrons. The van der Waals surface area contributed by atoms with Gasteiger partial charge in [-0.1, -0.05) is 11.6 Å². The van der Waals surface area contributed by atoms with Crippen LogP contribution in [0.25, 0.3) is 11.1 Å². The lowest BCUT2D eigenvalue weighted by Crippen LogP contribution is -2.14. The van der Waals surface area contributed by atoms with Crippen LogP contribution in [0.15, 0.2) is 34.9 Å². The predicted octanol–water partition coefficient (Wildman–Crippen LogP) is 1.89. The number of benzene rings is 1.